The number of ether oxygens (including phenoxy) is 1. The van der Waals surface area contributed by atoms with Crippen LogP contribution in [-0.2, 0) is 4.74 Å². The third-order valence-electron chi connectivity index (χ3n) is 2.58. The van der Waals surface area contributed by atoms with Gasteiger partial charge in [-0.1, -0.05) is 0 Å². The first kappa shape index (κ1) is 10.6. The van der Waals surface area contributed by atoms with E-state index < -0.39 is 0 Å². The molecule has 0 aromatic heterocycles. The summed E-state index contributed by atoms with van der Waals surface area (Å²) in [6, 6.07) is 0. The maximum absolute atomic E-state index is 5.24. The molecule has 0 saturated carbocycles. The van der Waals surface area contributed by atoms with Gasteiger partial charge in [0.05, 0.1) is 6.61 Å². The van der Waals surface area contributed by atoms with Gasteiger partial charge in [0.1, 0.15) is 0 Å². The van der Waals surface area contributed by atoms with Gasteiger partial charge >= 0.3 is 0 Å². The van der Waals surface area contributed by atoms with Gasteiger partial charge in [-0.25, -0.2) is 0 Å². The fraction of sp³-hybridized carbons (Fsp3) is 0.818. The minimum Gasteiger partial charge on any atom is -0.384 e. The average Bonchev–Trinajstić information content (AvgIpc) is 2.16. The van der Waals surface area contributed by atoms with Crippen LogP contribution >= 0.6 is 0 Å². The number of hydrogen-bond donors (Lipinski definition) is 0. The second-order valence-corrected chi connectivity index (χ2v) is 3.72. The fourth-order valence-electron chi connectivity index (χ4n) is 1.95. The molecule has 1 unspecified atom stereocenters. The number of terminal acetylenes is 1. The van der Waals surface area contributed by atoms with Crippen LogP contribution in [-0.4, -0.2) is 38.3 Å². The van der Waals surface area contributed by atoms with Crippen molar-refractivity contribution < 1.29 is 4.74 Å². The topological polar surface area (TPSA) is 12.5 Å². The molecule has 1 fully saturated rings. The second-order valence-electron chi connectivity index (χ2n) is 3.72. The molecule has 2 nitrogen and oxygen atoms in total. The summed E-state index contributed by atoms with van der Waals surface area (Å²) in [4.78, 5) is 2.45. The lowest BCUT2D eigenvalue weighted by molar-refractivity contribution is 0.0918. The van der Waals surface area contributed by atoms with Crippen molar-refractivity contribution in [3.63, 3.8) is 0 Å². The van der Waals surface area contributed by atoms with Crippen molar-refractivity contribution in [3.8, 4) is 12.3 Å². The molecular formula is C11H19NO. The Kier molecular flexibility index (Phi) is 4.88. The Morgan fingerprint density at radius 1 is 1.62 bits per heavy atom. The van der Waals surface area contributed by atoms with E-state index in [4.69, 9.17) is 11.2 Å². The lowest BCUT2D eigenvalue weighted by Crippen LogP contribution is -2.37. The Morgan fingerprint density at radius 3 is 3.15 bits per heavy atom. The van der Waals surface area contributed by atoms with Crippen LogP contribution in [0, 0.1) is 18.3 Å². The van der Waals surface area contributed by atoms with Crippen molar-refractivity contribution in [2.24, 2.45) is 5.92 Å². The van der Waals surface area contributed by atoms with Gasteiger partial charge in [-0.15, -0.1) is 12.3 Å². The predicted molar refractivity (Wildman–Crippen MR) is 54.5 cm³/mol. The first-order valence-corrected chi connectivity index (χ1v) is 5.01. The van der Waals surface area contributed by atoms with Crippen molar-refractivity contribution >= 4 is 0 Å². The first-order valence-electron chi connectivity index (χ1n) is 5.01. The van der Waals surface area contributed by atoms with Crippen LogP contribution in [0.5, 0.6) is 0 Å². The van der Waals surface area contributed by atoms with Gasteiger partial charge in [0.2, 0.25) is 0 Å². The molecule has 74 valence electrons. The van der Waals surface area contributed by atoms with E-state index >= 15 is 0 Å². The molecule has 0 aromatic rings. The summed E-state index contributed by atoms with van der Waals surface area (Å²) in [5.74, 6) is 3.41. The van der Waals surface area contributed by atoms with E-state index in [1.54, 1.807) is 7.11 Å². The maximum Gasteiger partial charge on any atom is 0.0502 e. The second kappa shape index (κ2) is 6.01. The fourth-order valence-corrected chi connectivity index (χ4v) is 1.95. The quantitative estimate of drug-likeness (QED) is 0.607. The molecule has 0 spiro atoms. The van der Waals surface area contributed by atoms with Crippen LogP contribution < -0.4 is 0 Å². The molecule has 1 aliphatic rings. The standard InChI is InChI=1S/C11H19NO/c1-3-4-7-12-8-5-6-11(9-12)10-13-2/h1,11H,4-10H2,2H3. The molecule has 1 heterocycles. The van der Waals surface area contributed by atoms with Crippen molar-refractivity contribution in [3.05, 3.63) is 0 Å². The molecule has 0 N–H and O–H groups in total. The molecule has 13 heavy (non-hydrogen) atoms. The summed E-state index contributed by atoms with van der Waals surface area (Å²) in [5, 5.41) is 0. The molecule has 2 heteroatoms. The van der Waals surface area contributed by atoms with E-state index in [2.05, 4.69) is 10.8 Å². The summed E-state index contributed by atoms with van der Waals surface area (Å²) in [6.45, 7) is 4.32. The van der Waals surface area contributed by atoms with E-state index in [0.717, 1.165) is 32.0 Å². The van der Waals surface area contributed by atoms with Gasteiger partial charge in [0.25, 0.3) is 0 Å². The minimum absolute atomic E-state index is 0.719. The highest BCUT2D eigenvalue weighted by atomic mass is 16.5. The molecule has 0 radical (unpaired) electrons. The molecule has 1 atom stereocenters. The number of rotatable bonds is 4. The Labute approximate surface area is 81.3 Å². The molecule has 0 bridgehead atoms. The molecule has 0 aliphatic carbocycles. The zero-order chi connectivity index (χ0) is 9.52. The molecule has 1 aliphatic heterocycles. The van der Waals surface area contributed by atoms with Crippen LogP contribution in [0.4, 0.5) is 0 Å². The zero-order valence-corrected chi connectivity index (χ0v) is 8.46. The normalized spacial score (nSPS) is 24.2. The van der Waals surface area contributed by atoms with Crippen molar-refractivity contribution in [1.82, 2.24) is 4.90 Å². The lowest BCUT2D eigenvalue weighted by Gasteiger charge is -2.31. The summed E-state index contributed by atoms with van der Waals surface area (Å²) in [6.07, 6.45) is 8.71. The Bertz CT molecular complexity index is 171. The number of nitrogens with zero attached hydrogens (tertiary/aromatic N) is 1. The summed E-state index contributed by atoms with van der Waals surface area (Å²) in [7, 11) is 1.78. The molecular weight excluding hydrogens is 162 g/mol. The van der Waals surface area contributed by atoms with Crippen molar-refractivity contribution in [2.45, 2.75) is 19.3 Å². The van der Waals surface area contributed by atoms with Crippen molar-refractivity contribution in [1.29, 1.82) is 0 Å². The highest BCUT2D eigenvalue weighted by molar-refractivity contribution is 4.85. The number of piperidine rings is 1. The molecule has 0 amide bonds. The highest BCUT2D eigenvalue weighted by Crippen LogP contribution is 2.16. The van der Waals surface area contributed by atoms with Crippen LogP contribution in [0.2, 0.25) is 0 Å². The average molecular weight is 181 g/mol. The minimum atomic E-state index is 0.719. The van der Waals surface area contributed by atoms with Gasteiger partial charge in [0, 0.05) is 26.6 Å². The van der Waals surface area contributed by atoms with E-state index in [9.17, 15) is 0 Å². The SMILES string of the molecule is C#CCCN1CCCC(COC)C1. The van der Waals surface area contributed by atoms with Gasteiger partial charge in [-0.05, 0) is 25.3 Å². The third kappa shape index (κ3) is 3.80. The summed E-state index contributed by atoms with van der Waals surface area (Å²) in [5.41, 5.74) is 0. The van der Waals surface area contributed by atoms with Crippen LogP contribution in [0.15, 0.2) is 0 Å². The monoisotopic (exact) mass is 181 g/mol. The molecule has 1 saturated heterocycles. The van der Waals surface area contributed by atoms with Gasteiger partial charge in [0.15, 0.2) is 0 Å². The van der Waals surface area contributed by atoms with E-state index in [-0.39, 0.29) is 0 Å². The van der Waals surface area contributed by atoms with Crippen LogP contribution in [0.3, 0.4) is 0 Å². The highest BCUT2D eigenvalue weighted by Gasteiger charge is 2.18. The smallest absolute Gasteiger partial charge is 0.0502 e. The van der Waals surface area contributed by atoms with E-state index in [1.165, 1.54) is 19.4 Å². The maximum atomic E-state index is 5.24. The largest absolute Gasteiger partial charge is 0.384 e. The van der Waals surface area contributed by atoms with Crippen molar-refractivity contribution in [2.75, 3.05) is 33.4 Å². The number of hydrogen-bond acceptors (Lipinski definition) is 2. The Hall–Kier alpha value is -0.520. The molecule has 0 aromatic carbocycles. The summed E-state index contributed by atoms with van der Waals surface area (Å²) < 4.78 is 5.17. The van der Waals surface area contributed by atoms with Crippen LogP contribution in [0.1, 0.15) is 19.3 Å². The first-order chi connectivity index (χ1) is 6.36. The van der Waals surface area contributed by atoms with Crippen LogP contribution in [0.25, 0.3) is 0 Å². The van der Waals surface area contributed by atoms with E-state index in [0.29, 0.717) is 0 Å². The summed E-state index contributed by atoms with van der Waals surface area (Å²) >= 11 is 0. The van der Waals surface area contributed by atoms with Gasteiger partial charge < -0.3 is 9.64 Å². The predicted octanol–water partition coefficient (Wildman–Crippen LogP) is 1.37. The van der Waals surface area contributed by atoms with Gasteiger partial charge in [-0.3, -0.25) is 0 Å². The molecule has 1 rings (SSSR count). The Morgan fingerprint density at radius 2 is 2.46 bits per heavy atom. The third-order valence-corrected chi connectivity index (χ3v) is 2.58. The van der Waals surface area contributed by atoms with E-state index in [1.807, 2.05) is 0 Å². The number of methoxy groups -OCH3 is 1. The number of likely N-dealkylation sites (tertiary alicyclic amines) is 1. The lowest BCUT2D eigenvalue weighted by atomic mass is 9.99. The Balaban J connectivity index is 2.21. The van der Waals surface area contributed by atoms with Gasteiger partial charge in [-0.2, -0.15) is 0 Å². The zero-order valence-electron chi connectivity index (χ0n) is 8.46.